The molecule has 3 aromatic heterocycles. The first-order valence-electron chi connectivity index (χ1n) is 10.7. The summed E-state index contributed by atoms with van der Waals surface area (Å²) in [4.78, 5) is 31.5. The van der Waals surface area contributed by atoms with Crippen molar-refractivity contribution in [2.24, 2.45) is 26.5 Å². The first-order chi connectivity index (χ1) is 15.5. The van der Waals surface area contributed by atoms with Crippen molar-refractivity contribution in [1.82, 2.24) is 28.7 Å². The van der Waals surface area contributed by atoms with Gasteiger partial charge in [0, 0.05) is 59.0 Å². The standard InChI is InChI=1S/C19H28N6O.C3H6O.Cu.HNO2/c1-7-16-20-13(10-23(16)4)19(26,14-11-24(5)17(8-2)21-14)15-12-25(6)18(9-3)22-15;1-3(2)4;;2-1-3/h10-12,26H,7-9H2,1-6H3;1-2H3;;(H,2,3)/q;;+1;/p-1. The summed E-state index contributed by atoms with van der Waals surface area (Å²) in [5.74, 6) is 2.91. The zero-order valence-electron chi connectivity index (χ0n) is 21.0. The number of imidazole rings is 3. The number of nitrogens with zero attached hydrogens (tertiary/aromatic N) is 7. The van der Waals surface area contributed by atoms with E-state index in [1.807, 2.05) is 53.4 Å². The van der Waals surface area contributed by atoms with Crippen LogP contribution >= 0.6 is 0 Å². The van der Waals surface area contributed by atoms with Gasteiger partial charge in [-0.2, -0.15) is 0 Å². The smallest absolute Gasteiger partial charge is 0.444 e. The van der Waals surface area contributed by atoms with Gasteiger partial charge in [0.1, 0.15) is 40.3 Å². The predicted octanol–water partition coefficient (Wildman–Crippen LogP) is 2.70. The summed E-state index contributed by atoms with van der Waals surface area (Å²) < 4.78 is 5.86. The molecule has 0 saturated carbocycles. The molecule has 0 bridgehead atoms. The number of ketones is 1. The van der Waals surface area contributed by atoms with Crippen molar-refractivity contribution < 1.29 is 27.0 Å². The maximum Gasteiger partial charge on any atom is 1.00 e. The number of rotatable bonds is 6. The average molecular weight is 524 g/mol. The fraction of sp³-hybridized carbons (Fsp3) is 0.545. The van der Waals surface area contributed by atoms with E-state index in [1.54, 1.807) is 0 Å². The topological polar surface area (TPSA) is 143 Å². The minimum Gasteiger partial charge on any atom is -0.444 e. The van der Waals surface area contributed by atoms with Crippen LogP contribution in [0.1, 0.15) is 69.2 Å². The second-order valence-electron chi connectivity index (χ2n) is 7.71. The average Bonchev–Trinajstić information content (AvgIpc) is 3.43. The zero-order chi connectivity index (χ0) is 25.3. The van der Waals surface area contributed by atoms with Crippen LogP contribution in [-0.4, -0.2) is 39.5 Å². The molecule has 0 saturated heterocycles. The van der Waals surface area contributed by atoms with Crippen molar-refractivity contribution in [3.8, 4) is 0 Å². The summed E-state index contributed by atoms with van der Waals surface area (Å²) in [7, 11) is 5.84. The van der Waals surface area contributed by atoms with Crippen LogP contribution in [0.4, 0.5) is 0 Å². The van der Waals surface area contributed by atoms with Crippen LogP contribution in [-0.2, 0) is 67.9 Å². The monoisotopic (exact) mass is 523 g/mol. The molecule has 0 aliphatic carbocycles. The summed E-state index contributed by atoms with van der Waals surface area (Å²) in [6.45, 7) is 9.21. The molecular weight excluding hydrogens is 490 g/mol. The molecule has 1 N–H and O–H groups in total. The van der Waals surface area contributed by atoms with Gasteiger partial charge in [-0.1, -0.05) is 20.8 Å². The first kappa shape index (κ1) is 31.2. The molecule has 0 fully saturated rings. The molecule has 34 heavy (non-hydrogen) atoms. The molecule has 192 valence electrons. The molecule has 11 nitrogen and oxygen atoms in total. The maximum absolute atomic E-state index is 11.9. The summed E-state index contributed by atoms with van der Waals surface area (Å²) in [5, 5.41) is 20.9. The van der Waals surface area contributed by atoms with Crippen molar-refractivity contribution in [2.45, 2.75) is 59.5 Å². The van der Waals surface area contributed by atoms with Gasteiger partial charge in [0.15, 0.2) is 5.60 Å². The van der Waals surface area contributed by atoms with Crippen molar-refractivity contribution >= 4 is 5.78 Å². The van der Waals surface area contributed by atoms with Crippen molar-refractivity contribution in [3.63, 3.8) is 0 Å². The van der Waals surface area contributed by atoms with Gasteiger partial charge in [0.2, 0.25) is 0 Å². The predicted molar refractivity (Wildman–Crippen MR) is 125 cm³/mol. The van der Waals surface area contributed by atoms with Gasteiger partial charge in [0.05, 0.1) is 0 Å². The van der Waals surface area contributed by atoms with E-state index in [2.05, 4.69) is 20.8 Å². The van der Waals surface area contributed by atoms with E-state index in [4.69, 9.17) is 25.1 Å². The van der Waals surface area contributed by atoms with Gasteiger partial charge in [-0.25, -0.2) is 15.0 Å². The number of Topliss-reactive ketones (excluding diaryl/α,β-unsaturated/α-hetero) is 1. The Bertz CT molecular complexity index is 950. The molecule has 0 atom stereocenters. The molecule has 0 aromatic carbocycles. The summed E-state index contributed by atoms with van der Waals surface area (Å²) in [5.41, 5.74) is 0.178. The van der Waals surface area contributed by atoms with E-state index >= 15 is 0 Å². The molecule has 3 rings (SSSR count). The van der Waals surface area contributed by atoms with Crippen LogP contribution in [0.2, 0.25) is 0 Å². The molecule has 0 aliphatic rings. The van der Waals surface area contributed by atoms with Gasteiger partial charge in [0.25, 0.3) is 0 Å². The Balaban J connectivity index is 0.00000121. The van der Waals surface area contributed by atoms with Gasteiger partial charge < -0.3 is 33.7 Å². The number of hydrogen-bond donors (Lipinski definition) is 1. The Morgan fingerprint density at radius 2 is 1.06 bits per heavy atom. The van der Waals surface area contributed by atoms with Crippen LogP contribution in [0, 0.1) is 10.1 Å². The van der Waals surface area contributed by atoms with Crippen LogP contribution in [0.5, 0.6) is 0 Å². The van der Waals surface area contributed by atoms with Gasteiger partial charge >= 0.3 is 17.1 Å². The van der Waals surface area contributed by atoms with Gasteiger partial charge in [-0.15, -0.1) is 5.34 Å². The number of aryl methyl sites for hydroxylation is 6. The molecule has 0 spiro atoms. The number of aromatic nitrogens is 6. The Morgan fingerprint density at radius 1 is 0.853 bits per heavy atom. The minimum atomic E-state index is -1.48. The SMILES string of the molecule is CC(C)=O.CCc1nc(C(O)(c2cn(C)c(CC)n2)c2cn(C)c(CC)n2)cn1C.O=N[O-].[Cu+]. The van der Waals surface area contributed by atoms with E-state index in [-0.39, 0.29) is 22.9 Å². The van der Waals surface area contributed by atoms with Gasteiger partial charge in [-0.3, -0.25) is 0 Å². The number of carbonyl (C=O) groups excluding carboxylic acids is 1. The summed E-state index contributed by atoms with van der Waals surface area (Å²) >= 11 is 0. The zero-order valence-corrected chi connectivity index (χ0v) is 21.9. The minimum absolute atomic E-state index is 0. The van der Waals surface area contributed by atoms with Crippen LogP contribution < -0.4 is 0 Å². The van der Waals surface area contributed by atoms with Crippen LogP contribution in [0.25, 0.3) is 0 Å². The Labute approximate surface area is 210 Å². The van der Waals surface area contributed by atoms with E-state index in [1.165, 1.54) is 13.8 Å². The molecule has 3 aromatic rings. The molecule has 3 heterocycles. The van der Waals surface area contributed by atoms with Crippen molar-refractivity contribution in [2.75, 3.05) is 0 Å². The summed E-state index contributed by atoms with van der Waals surface area (Å²) in [6, 6.07) is 0. The van der Waals surface area contributed by atoms with E-state index in [0.717, 1.165) is 42.1 Å². The largest absolute Gasteiger partial charge is 1.00 e. The second-order valence-corrected chi connectivity index (χ2v) is 7.71. The molecule has 12 heteroatoms. The Kier molecular flexibility index (Phi) is 12.6. The molecule has 0 unspecified atom stereocenters. The van der Waals surface area contributed by atoms with Crippen molar-refractivity contribution in [3.05, 3.63) is 63.3 Å². The fourth-order valence-corrected chi connectivity index (χ4v) is 3.42. The Morgan fingerprint density at radius 3 is 1.21 bits per heavy atom. The molecule has 0 radical (unpaired) electrons. The first-order valence-corrected chi connectivity index (χ1v) is 10.7. The Hall–Kier alpha value is -2.82. The van der Waals surface area contributed by atoms with E-state index in [9.17, 15) is 9.90 Å². The third-order valence-corrected chi connectivity index (χ3v) is 4.98. The van der Waals surface area contributed by atoms with E-state index < -0.39 is 5.60 Å². The summed E-state index contributed by atoms with van der Waals surface area (Å²) in [6.07, 6.45) is 7.99. The molecule has 0 aliphatic heterocycles. The maximum atomic E-state index is 11.9. The second kappa shape index (κ2) is 13.8. The molecule has 0 amide bonds. The van der Waals surface area contributed by atoms with Gasteiger partial charge in [-0.05, 0) is 13.8 Å². The van der Waals surface area contributed by atoms with Crippen LogP contribution in [0.15, 0.2) is 23.9 Å². The third-order valence-electron chi connectivity index (χ3n) is 4.98. The quantitative estimate of drug-likeness (QED) is 0.297. The normalized spacial score (nSPS) is 10.4. The number of hydrogen-bond acceptors (Lipinski definition) is 8. The number of carbonyl (C=O) groups is 1. The molecular formula is C22H34CuN7O4. The van der Waals surface area contributed by atoms with E-state index in [0.29, 0.717) is 17.1 Å². The third kappa shape index (κ3) is 7.09. The van der Waals surface area contributed by atoms with Crippen molar-refractivity contribution in [1.29, 1.82) is 0 Å². The fourth-order valence-electron chi connectivity index (χ4n) is 3.42. The number of aliphatic hydroxyl groups is 1. The van der Waals surface area contributed by atoms with Crippen LogP contribution in [0.3, 0.4) is 0 Å².